The van der Waals surface area contributed by atoms with Crippen molar-refractivity contribution in [2.75, 3.05) is 13.1 Å². The number of non-ortho nitro benzene ring substituents is 1. The van der Waals surface area contributed by atoms with Gasteiger partial charge in [-0.25, -0.2) is 8.42 Å². The number of hydrogen-bond acceptors (Lipinski definition) is 6. The van der Waals surface area contributed by atoms with E-state index in [2.05, 4.69) is 13.2 Å². The molecule has 1 aromatic carbocycles. The van der Waals surface area contributed by atoms with Gasteiger partial charge in [-0.15, -0.1) is 13.2 Å². The van der Waals surface area contributed by atoms with Crippen LogP contribution in [0.5, 0.6) is 0 Å². The van der Waals surface area contributed by atoms with Gasteiger partial charge in [0.2, 0.25) is 10.0 Å². The molecule has 0 aliphatic rings. The van der Waals surface area contributed by atoms with Crippen molar-refractivity contribution in [3.05, 3.63) is 63.7 Å². The van der Waals surface area contributed by atoms with Crippen LogP contribution in [0.4, 0.5) is 11.4 Å². The van der Waals surface area contributed by atoms with Gasteiger partial charge in [0.25, 0.3) is 11.4 Å². The Morgan fingerprint density at radius 1 is 1.09 bits per heavy atom. The van der Waals surface area contributed by atoms with Crippen LogP contribution in [-0.4, -0.2) is 35.7 Å². The van der Waals surface area contributed by atoms with Crippen LogP contribution in [0.15, 0.2) is 48.4 Å². The van der Waals surface area contributed by atoms with Gasteiger partial charge in [-0.1, -0.05) is 12.2 Å². The lowest BCUT2D eigenvalue weighted by Crippen LogP contribution is -2.31. The highest BCUT2D eigenvalue weighted by molar-refractivity contribution is 7.89. The number of sulfonamides is 1. The first kappa shape index (κ1) is 17.5. The Bertz CT molecular complexity index is 718. The molecule has 118 valence electrons. The van der Waals surface area contributed by atoms with Gasteiger partial charge < -0.3 is 0 Å². The minimum atomic E-state index is -4.22. The van der Waals surface area contributed by atoms with Crippen molar-refractivity contribution in [1.29, 1.82) is 0 Å². The van der Waals surface area contributed by atoms with Crippen molar-refractivity contribution >= 4 is 21.4 Å². The Hall–Kier alpha value is -2.59. The molecule has 0 bridgehead atoms. The Morgan fingerprint density at radius 3 is 2.05 bits per heavy atom. The lowest BCUT2D eigenvalue weighted by molar-refractivity contribution is -0.396. The van der Waals surface area contributed by atoms with Crippen LogP contribution in [-0.2, 0) is 10.0 Å². The molecular formula is C12H13N3O6S. The summed E-state index contributed by atoms with van der Waals surface area (Å²) < 4.78 is 25.9. The summed E-state index contributed by atoms with van der Waals surface area (Å²) >= 11 is 0. The predicted molar refractivity (Wildman–Crippen MR) is 78.9 cm³/mol. The third kappa shape index (κ3) is 3.54. The molecule has 0 fully saturated rings. The van der Waals surface area contributed by atoms with E-state index in [4.69, 9.17) is 0 Å². The minimum absolute atomic E-state index is 0.0809. The fraction of sp³-hybridized carbons (Fsp3) is 0.167. The summed E-state index contributed by atoms with van der Waals surface area (Å²) in [6, 6.07) is 2.37. The number of rotatable bonds is 8. The van der Waals surface area contributed by atoms with E-state index in [1.807, 2.05) is 0 Å². The molecule has 0 aromatic heterocycles. The second-order valence-electron chi connectivity index (χ2n) is 4.07. The predicted octanol–water partition coefficient (Wildman–Crippen LogP) is 1.87. The zero-order chi connectivity index (χ0) is 16.9. The number of benzene rings is 1. The van der Waals surface area contributed by atoms with Crippen molar-refractivity contribution < 1.29 is 18.3 Å². The number of nitro groups is 2. The van der Waals surface area contributed by atoms with Gasteiger partial charge >= 0.3 is 0 Å². The van der Waals surface area contributed by atoms with Crippen LogP contribution in [0.3, 0.4) is 0 Å². The molecule has 22 heavy (non-hydrogen) atoms. The molecule has 0 atom stereocenters. The highest BCUT2D eigenvalue weighted by Crippen LogP contribution is 2.30. The van der Waals surface area contributed by atoms with Gasteiger partial charge in [0.1, 0.15) is 0 Å². The molecule has 0 saturated carbocycles. The highest BCUT2D eigenvalue weighted by atomic mass is 32.2. The summed E-state index contributed by atoms with van der Waals surface area (Å²) in [5.41, 5.74) is -1.42. The van der Waals surface area contributed by atoms with Crippen LogP contribution in [0, 0.1) is 20.2 Å². The molecule has 1 rings (SSSR count). The normalized spacial score (nSPS) is 11.1. The van der Waals surface area contributed by atoms with Crippen molar-refractivity contribution in [1.82, 2.24) is 4.31 Å². The fourth-order valence-electron chi connectivity index (χ4n) is 1.68. The van der Waals surface area contributed by atoms with Crippen LogP contribution >= 0.6 is 0 Å². The Labute approximate surface area is 126 Å². The highest BCUT2D eigenvalue weighted by Gasteiger charge is 2.32. The quantitative estimate of drug-likeness (QED) is 0.408. The largest absolute Gasteiger partial charge is 0.296 e. The van der Waals surface area contributed by atoms with E-state index in [9.17, 15) is 28.6 Å². The summed E-state index contributed by atoms with van der Waals surface area (Å²) in [6.45, 7) is 6.68. The van der Waals surface area contributed by atoms with E-state index in [0.717, 1.165) is 16.4 Å². The molecule has 10 heteroatoms. The molecule has 0 aliphatic heterocycles. The van der Waals surface area contributed by atoms with E-state index in [1.54, 1.807) is 0 Å². The van der Waals surface area contributed by atoms with Crippen molar-refractivity contribution in [2.24, 2.45) is 0 Å². The SMILES string of the molecule is C=CCN(CC=C)S(=O)(=O)c1ccc([N+](=O)[O-])cc1[N+](=O)[O-]. The standard InChI is InChI=1S/C12H13N3O6S/c1-3-7-13(8-4-2)22(20,21)12-6-5-10(14(16)17)9-11(12)15(18)19/h3-6,9H,1-2,7-8H2. The van der Waals surface area contributed by atoms with Gasteiger partial charge in [0.15, 0.2) is 4.90 Å². The molecule has 0 amide bonds. The smallest absolute Gasteiger partial charge is 0.258 e. The fourth-order valence-corrected chi connectivity index (χ4v) is 3.20. The average molecular weight is 327 g/mol. The Morgan fingerprint density at radius 2 is 1.64 bits per heavy atom. The molecule has 0 radical (unpaired) electrons. The van der Waals surface area contributed by atoms with E-state index in [0.29, 0.717) is 6.07 Å². The first-order valence-corrected chi connectivity index (χ1v) is 7.34. The molecule has 0 heterocycles. The van der Waals surface area contributed by atoms with E-state index < -0.39 is 36.1 Å². The number of nitrogens with zero attached hydrogens (tertiary/aromatic N) is 3. The van der Waals surface area contributed by atoms with Crippen LogP contribution in [0.2, 0.25) is 0 Å². The van der Waals surface area contributed by atoms with E-state index >= 15 is 0 Å². The summed E-state index contributed by atoms with van der Waals surface area (Å²) in [7, 11) is -4.22. The van der Waals surface area contributed by atoms with Crippen LogP contribution in [0.1, 0.15) is 0 Å². The Balaban J connectivity index is 3.52. The zero-order valence-corrected chi connectivity index (χ0v) is 12.2. The number of nitro benzene ring substituents is 2. The molecule has 1 aromatic rings. The zero-order valence-electron chi connectivity index (χ0n) is 11.4. The lowest BCUT2D eigenvalue weighted by atomic mass is 10.3. The third-order valence-corrected chi connectivity index (χ3v) is 4.51. The average Bonchev–Trinajstić information content (AvgIpc) is 2.46. The van der Waals surface area contributed by atoms with E-state index in [-0.39, 0.29) is 13.1 Å². The summed E-state index contributed by atoms with van der Waals surface area (Å²) in [6.07, 6.45) is 2.64. The first-order chi connectivity index (χ1) is 10.3. The maximum absolute atomic E-state index is 12.5. The second-order valence-corrected chi connectivity index (χ2v) is 5.97. The molecule has 0 spiro atoms. The molecule has 0 unspecified atom stereocenters. The van der Waals surface area contributed by atoms with Gasteiger partial charge in [0, 0.05) is 19.2 Å². The molecule has 0 saturated heterocycles. The Kier molecular flexibility index (Phi) is 5.49. The second kappa shape index (κ2) is 6.91. The number of hydrogen-bond donors (Lipinski definition) is 0. The monoisotopic (exact) mass is 327 g/mol. The lowest BCUT2D eigenvalue weighted by Gasteiger charge is -2.18. The maximum atomic E-state index is 12.5. The summed E-state index contributed by atoms with van der Waals surface area (Å²) in [5.74, 6) is 0. The molecule has 9 nitrogen and oxygen atoms in total. The maximum Gasteiger partial charge on any atom is 0.296 e. The third-order valence-electron chi connectivity index (χ3n) is 2.63. The van der Waals surface area contributed by atoms with Crippen molar-refractivity contribution in [3.63, 3.8) is 0 Å². The molecule has 0 N–H and O–H groups in total. The van der Waals surface area contributed by atoms with Crippen molar-refractivity contribution in [3.8, 4) is 0 Å². The van der Waals surface area contributed by atoms with Crippen LogP contribution in [0.25, 0.3) is 0 Å². The van der Waals surface area contributed by atoms with E-state index in [1.165, 1.54) is 12.2 Å². The van der Waals surface area contributed by atoms with Crippen molar-refractivity contribution in [2.45, 2.75) is 4.90 Å². The van der Waals surface area contributed by atoms with Gasteiger partial charge in [-0.2, -0.15) is 4.31 Å². The van der Waals surface area contributed by atoms with Gasteiger partial charge in [-0.05, 0) is 6.07 Å². The van der Waals surface area contributed by atoms with Crippen LogP contribution < -0.4 is 0 Å². The summed E-state index contributed by atoms with van der Waals surface area (Å²) in [5, 5.41) is 21.7. The summed E-state index contributed by atoms with van der Waals surface area (Å²) in [4.78, 5) is 19.3. The van der Waals surface area contributed by atoms with Gasteiger partial charge in [-0.3, -0.25) is 20.2 Å². The first-order valence-electron chi connectivity index (χ1n) is 5.90. The topological polar surface area (TPSA) is 124 Å². The van der Waals surface area contributed by atoms with Gasteiger partial charge in [0.05, 0.1) is 15.9 Å². The molecule has 0 aliphatic carbocycles. The molecular weight excluding hydrogens is 314 g/mol. The minimum Gasteiger partial charge on any atom is -0.258 e.